The van der Waals surface area contributed by atoms with Crippen LogP contribution in [-0.2, 0) is 10.0 Å². The molecule has 2 fully saturated rings. The molecular weight excluding hydrogens is 385 g/mol. The topological polar surface area (TPSA) is 70.7 Å². The van der Waals surface area contributed by atoms with Gasteiger partial charge in [-0.25, -0.2) is 12.7 Å². The number of nitrogens with one attached hydrogen (secondary N) is 2. The molecule has 0 amide bonds. The molecule has 0 radical (unpaired) electrons. The summed E-state index contributed by atoms with van der Waals surface area (Å²) in [5.41, 5.74) is -0.410. The number of sulfonamides is 1. The smallest absolute Gasteiger partial charge is 0.215 e. The van der Waals surface area contributed by atoms with E-state index in [1.807, 2.05) is 6.92 Å². The summed E-state index contributed by atoms with van der Waals surface area (Å²) in [6.45, 7) is 4.18. The van der Waals surface area contributed by atoms with E-state index in [2.05, 4.69) is 10.6 Å². The predicted octanol–water partition coefficient (Wildman–Crippen LogP) is 2.08. The second-order valence-electron chi connectivity index (χ2n) is 6.89. The zero-order valence-corrected chi connectivity index (χ0v) is 16.4. The Kier molecular flexibility index (Phi) is 5.82. The van der Waals surface area contributed by atoms with E-state index in [0.29, 0.717) is 54.9 Å². The molecule has 0 bridgehead atoms. The fourth-order valence-corrected chi connectivity index (χ4v) is 5.49. The lowest BCUT2D eigenvalue weighted by Gasteiger charge is -2.34. The van der Waals surface area contributed by atoms with E-state index in [4.69, 9.17) is 27.9 Å². The van der Waals surface area contributed by atoms with Crippen molar-refractivity contribution in [2.75, 3.05) is 32.1 Å². The van der Waals surface area contributed by atoms with Crippen LogP contribution in [0.15, 0.2) is 18.2 Å². The molecule has 0 saturated carbocycles. The number of piperidine rings is 1. The van der Waals surface area contributed by atoms with Gasteiger partial charge in [0.2, 0.25) is 10.0 Å². The maximum absolute atomic E-state index is 12.7. The van der Waals surface area contributed by atoms with E-state index in [1.54, 1.807) is 22.5 Å². The molecule has 2 heterocycles. The molecule has 2 saturated heterocycles. The summed E-state index contributed by atoms with van der Waals surface area (Å²) < 4.78 is 32.9. The zero-order chi connectivity index (χ0) is 18.1. The van der Waals surface area contributed by atoms with Crippen LogP contribution in [0.2, 0.25) is 10.0 Å². The molecule has 1 aromatic rings. The van der Waals surface area contributed by atoms with Crippen molar-refractivity contribution in [3.63, 3.8) is 0 Å². The number of hydrogen-bond donors (Lipinski definition) is 2. The molecule has 25 heavy (non-hydrogen) atoms. The first kappa shape index (κ1) is 19.2. The Morgan fingerprint density at radius 3 is 2.60 bits per heavy atom. The van der Waals surface area contributed by atoms with E-state index in [0.717, 1.165) is 0 Å². The lowest BCUT2D eigenvalue weighted by Crippen LogP contribution is -2.51. The van der Waals surface area contributed by atoms with Crippen molar-refractivity contribution in [2.24, 2.45) is 0 Å². The van der Waals surface area contributed by atoms with Crippen LogP contribution >= 0.6 is 23.2 Å². The first-order valence-corrected chi connectivity index (χ1v) is 10.7. The van der Waals surface area contributed by atoms with Crippen molar-refractivity contribution in [1.82, 2.24) is 14.9 Å². The van der Waals surface area contributed by atoms with Gasteiger partial charge in [-0.2, -0.15) is 0 Å². The first-order chi connectivity index (χ1) is 11.8. The molecule has 9 heteroatoms. The Bertz CT molecular complexity index is 715. The lowest BCUT2D eigenvalue weighted by molar-refractivity contribution is 0.135. The van der Waals surface area contributed by atoms with Gasteiger partial charge in [0.15, 0.2) is 0 Å². The third-order valence-electron chi connectivity index (χ3n) is 4.64. The van der Waals surface area contributed by atoms with Crippen LogP contribution in [0.3, 0.4) is 0 Å². The fourth-order valence-electron chi connectivity index (χ4n) is 3.24. The molecule has 0 spiro atoms. The van der Waals surface area contributed by atoms with Gasteiger partial charge in [-0.05, 0) is 31.9 Å². The molecule has 2 aliphatic heterocycles. The van der Waals surface area contributed by atoms with Gasteiger partial charge in [0.1, 0.15) is 11.9 Å². The van der Waals surface area contributed by atoms with Crippen molar-refractivity contribution in [3.05, 3.63) is 28.2 Å². The predicted molar refractivity (Wildman–Crippen MR) is 99.9 cm³/mol. The number of rotatable bonds is 5. The van der Waals surface area contributed by atoms with E-state index in [-0.39, 0.29) is 11.9 Å². The highest BCUT2D eigenvalue weighted by Gasteiger charge is 2.37. The second-order valence-corrected chi connectivity index (χ2v) is 9.67. The fraction of sp³-hybridized carbons (Fsp3) is 0.625. The molecule has 6 nitrogen and oxygen atoms in total. The Morgan fingerprint density at radius 2 is 2.00 bits per heavy atom. The molecule has 1 atom stereocenters. The molecule has 0 unspecified atom stereocenters. The van der Waals surface area contributed by atoms with Gasteiger partial charge in [-0.15, -0.1) is 0 Å². The highest BCUT2D eigenvalue weighted by molar-refractivity contribution is 7.89. The summed E-state index contributed by atoms with van der Waals surface area (Å²) >= 11 is 11.9. The highest BCUT2D eigenvalue weighted by atomic mass is 35.5. The third kappa shape index (κ3) is 4.78. The van der Waals surface area contributed by atoms with Gasteiger partial charge >= 0.3 is 0 Å². The maximum atomic E-state index is 12.7. The zero-order valence-electron chi connectivity index (χ0n) is 14.1. The molecule has 140 valence electrons. The van der Waals surface area contributed by atoms with Gasteiger partial charge in [0, 0.05) is 37.9 Å². The van der Waals surface area contributed by atoms with Crippen molar-refractivity contribution in [3.8, 4) is 5.75 Å². The number of halogens is 2. The second kappa shape index (κ2) is 7.58. The summed E-state index contributed by atoms with van der Waals surface area (Å²) in [6, 6.07) is 5.16. The van der Waals surface area contributed by atoms with Crippen LogP contribution in [-0.4, -0.2) is 56.4 Å². The van der Waals surface area contributed by atoms with Crippen LogP contribution in [0.1, 0.15) is 19.8 Å². The van der Waals surface area contributed by atoms with Gasteiger partial charge < -0.3 is 10.1 Å². The first-order valence-electron chi connectivity index (χ1n) is 8.33. The number of nitrogens with zero attached hydrogens (tertiary/aromatic N) is 1. The SMILES string of the molecule is C[C@@]1(CS(=O)(=O)N2CCC(Oc3ccc(Cl)c(Cl)c3)CC2)CNCN1. The van der Waals surface area contributed by atoms with E-state index < -0.39 is 15.6 Å². The van der Waals surface area contributed by atoms with Crippen LogP contribution < -0.4 is 15.4 Å². The standard InChI is InChI=1S/C16H23Cl2N3O3S/c1-16(9-19-11-20-16)10-25(22,23)21-6-4-12(5-7-21)24-13-2-3-14(17)15(18)8-13/h2-3,8,12,19-20H,4-7,9-11H2,1H3/t16-/m0/s1. The van der Waals surface area contributed by atoms with Crippen LogP contribution in [0.5, 0.6) is 5.75 Å². The number of hydrogen-bond acceptors (Lipinski definition) is 5. The molecule has 2 aliphatic rings. The minimum absolute atomic E-state index is 0.0226. The monoisotopic (exact) mass is 407 g/mol. The average Bonchev–Trinajstić information content (AvgIpc) is 2.97. The van der Waals surface area contributed by atoms with Crippen LogP contribution in [0.4, 0.5) is 0 Å². The van der Waals surface area contributed by atoms with Crippen LogP contribution in [0, 0.1) is 0 Å². The van der Waals surface area contributed by atoms with E-state index in [9.17, 15) is 8.42 Å². The summed E-state index contributed by atoms with van der Waals surface area (Å²) in [5.74, 6) is 0.759. The summed E-state index contributed by atoms with van der Waals surface area (Å²) in [7, 11) is -3.30. The highest BCUT2D eigenvalue weighted by Crippen LogP contribution is 2.28. The molecular formula is C16H23Cl2N3O3S. The number of ether oxygens (including phenoxy) is 1. The molecule has 2 N–H and O–H groups in total. The van der Waals surface area contributed by atoms with Crippen molar-refractivity contribution in [2.45, 2.75) is 31.4 Å². The summed E-state index contributed by atoms with van der Waals surface area (Å²) in [6.07, 6.45) is 1.29. The van der Waals surface area contributed by atoms with Gasteiger partial charge in [0.25, 0.3) is 0 Å². The van der Waals surface area contributed by atoms with E-state index >= 15 is 0 Å². The Morgan fingerprint density at radius 1 is 1.28 bits per heavy atom. The molecule has 0 aromatic heterocycles. The van der Waals surface area contributed by atoms with Crippen LogP contribution in [0.25, 0.3) is 0 Å². The summed E-state index contributed by atoms with van der Waals surface area (Å²) in [4.78, 5) is 0. The Balaban J connectivity index is 1.55. The summed E-state index contributed by atoms with van der Waals surface area (Å²) in [5, 5.41) is 7.30. The number of benzene rings is 1. The van der Waals surface area contributed by atoms with Crippen molar-refractivity contribution >= 4 is 33.2 Å². The normalized spacial score (nSPS) is 26.0. The quantitative estimate of drug-likeness (QED) is 0.781. The van der Waals surface area contributed by atoms with E-state index in [1.165, 1.54) is 0 Å². The van der Waals surface area contributed by atoms with Crippen molar-refractivity contribution in [1.29, 1.82) is 0 Å². The minimum atomic E-state index is -3.30. The van der Waals surface area contributed by atoms with Gasteiger partial charge in [-0.1, -0.05) is 23.2 Å². The average molecular weight is 408 g/mol. The van der Waals surface area contributed by atoms with Gasteiger partial charge in [0.05, 0.1) is 15.8 Å². The van der Waals surface area contributed by atoms with Gasteiger partial charge in [-0.3, -0.25) is 5.32 Å². The molecule has 0 aliphatic carbocycles. The Labute approximate surface area is 158 Å². The minimum Gasteiger partial charge on any atom is -0.490 e. The molecule has 1 aromatic carbocycles. The maximum Gasteiger partial charge on any atom is 0.215 e. The van der Waals surface area contributed by atoms with Crippen molar-refractivity contribution < 1.29 is 13.2 Å². The largest absolute Gasteiger partial charge is 0.490 e. The Hall–Kier alpha value is -0.570. The molecule has 3 rings (SSSR count). The lowest BCUT2D eigenvalue weighted by atomic mass is 10.1. The third-order valence-corrected chi connectivity index (χ3v) is 7.54.